The zero-order valence-electron chi connectivity index (χ0n) is 26.4. The maximum Gasteiger partial charge on any atom is 0.0991 e. The molecular weight excluding hydrogens is 595 g/mol. The largest absolute Gasteiger partial charge is 0.309 e. The average molecular weight is 622 g/mol. The molecule has 9 rings (SSSR count). The summed E-state index contributed by atoms with van der Waals surface area (Å²) >= 11 is 0. The number of rotatable bonds is 4. The molecule has 0 aliphatic rings. The van der Waals surface area contributed by atoms with Crippen LogP contribution in [0, 0.1) is 22.7 Å². The first-order valence-corrected chi connectivity index (χ1v) is 16.3. The third-order valence-corrected chi connectivity index (χ3v) is 9.63. The first-order valence-electron chi connectivity index (χ1n) is 16.3. The highest BCUT2D eigenvalue weighted by Gasteiger charge is 2.20. The highest BCUT2D eigenvalue weighted by atomic mass is 15.0. The molecule has 3 heteroatoms. The van der Waals surface area contributed by atoms with Gasteiger partial charge in [-0.15, -0.1) is 0 Å². The van der Waals surface area contributed by atoms with E-state index >= 15 is 0 Å². The number of fused-ring (bicyclic) bond motifs is 5. The molecule has 0 fully saturated rings. The van der Waals surface area contributed by atoms with Crippen LogP contribution in [0.5, 0.6) is 0 Å². The zero-order chi connectivity index (χ0) is 32.9. The van der Waals surface area contributed by atoms with Crippen LogP contribution in [0.25, 0.3) is 82.4 Å². The van der Waals surface area contributed by atoms with Crippen molar-refractivity contribution in [2.75, 3.05) is 0 Å². The SMILES string of the molecule is N#Cc1ccc(-c2cccc(-n3c4ccccc4c4cc(C#N)ccc43)c2)c(-c2c3ccccc3c(-c3ccccc3)c3ccccc23)c1. The Morgan fingerprint density at radius 2 is 0.918 bits per heavy atom. The smallest absolute Gasteiger partial charge is 0.0991 e. The van der Waals surface area contributed by atoms with Gasteiger partial charge in [-0.25, -0.2) is 0 Å². The second-order valence-corrected chi connectivity index (χ2v) is 12.3. The van der Waals surface area contributed by atoms with Crippen molar-refractivity contribution in [3.63, 3.8) is 0 Å². The van der Waals surface area contributed by atoms with Gasteiger partial charge in [-0.2, -0.15) is 10.5 Å². The second-order valence-electron chi connectivity index (χ2n) is 12.3. The maximum atomic E-state index is 10.1. The van der Waals surface area contributed by atoms with E-state index in [1.165, 1.54) is 21.9 Å². The Morgan fingerprint density at radius 3 is 1.61 bits per heavy atom. The van der Waals surface area contributed by atoms with Crippen LogP contribution >= 0.6 is 0 Å². The molecule has 3 nitrogen and oxygen atoms in total. The lowest BCUT2D eigenvalue weighted by atomic mass is 9.83. The molecule has 0 aliphatic heterocycles. The fourth-order valence-electron chi connectivity index (χ4n) is 7.54. The van der Waals surface area contributed by atoms with Gasteiger partial charge in [0.05, 0.1) is 34.3 Å². The summed E-state index contributed by atoms with van der Waals surface area (Å²) in [5, 5.41) is 26.6. The number of aromatic nitrogens is 1. The Bertz CT molecular complexity index is 2790. The number of nitrogens with zero attached hydrogens (tertiary/aromatic N) is 3. The Morgan fingerprint density at radius 1 is 0.367 bits per heavy atom. The second kappa shape index (κ2) is 11.4. The molecule has 49 heavy (non-hydrogen) atoms. The van der Waals surface area contributed by atoms with E-state index in [2.05, 4.69) is 144 Å². The van der Waals surface area contributed by atoms with Crippen molar-refractivity contribution in [1.82, 2.24) is 4.57 Å². The molecule has 8 aromatic carbocycles. The molecule has 0 bridgehead atoms. The van der Waals surface area contributed by atoms with Crippen molar-refractivity contribution >= 4 is 43.4 Å². The summed E-state index contributed by atoms with van der Waals surface area (Å²) in [4.78, 5) is 0. The van der Waals surface area contributed by atoms with Gasteiger partial charge in [0.1, 0.15) is 0 Å². The Hall–Kier alpha value is -6.94. The minimum atomic E-state index is 0.617. The molecule has 0 amide bonds. The Labute approximate surface area is 283 Å². The van der Waals surface area contributed by atoms with Gasteiger partial charge in [-0.1, -0.05) is 115 Å². The summed E-state index contributed by atoms with van der Waals surface area (Å²) in [6, 6.07) is 61.5. The van der Waals surface area contributed by atoms with E-state index < -0.39 is 0 Å². The monoisotopic (exact) mass is 621 g/mol. The number of hydrogen-bond acceptors (Lipinski definition) is 2. The summed E-state index contributed by atoms with van der Waals surface area (Å²) < 4.78 is 2.28. The molecule has 0 saturated heterocycles. The van der Waals surface area contributed by atoms with Crippen molar-refractivity contribution in [1.29, 1.82) is 10.5 Å². The van der Waals surface area contributed by atoms with Gasteiger partial charge in [-0.05, 0) is 103 Å². The zero-order valence-corrected chi connectivity index (χ0v) is 26.4. The number of benzene rings is 8. The van der Waals surface area contributed by atoms with Crippen molar-refractivity contribution in [3.8, 4) is 51.2 Å². The van der Waals surface area contributed by atoms with Crippen LogP contribution in [0.2, 0.25) is 0 Å². The average Bonchev–Trinajstić information content (AvgIpc) is 3.50. The molecule has 1 heterocycles. The first kappa shape index (κ1) is 28.3. The molecule has 0 saturated carbocycles. The molecule has 1 aromatic heterocycles. The predicted molar refractivity (Wildman–Crippen MR) is 202 cm³/mol. The summed E-state index contributed by atoms with van der Waals surface area (Å²) in [6.45, 7) is 0. The van der Waals surface area contributed by atoms with Crippen LogP contribution < -0.4 is 0 Å². The molecule has 0 N–H and O–H groups in total. The summed E-state index contributed by atoms with van der Waals surface area (Å²) in [7, 11) is 0. The van der Waals surface area contributed by atoms with Crippen molar-refractivity contribution in [2.45, 2.75) is 0 Å². The quantitative estimate of drug-likeness (QED) is 0.184. The third-order valence-electron chi connectivity index (χ3n) is 9.63. The molecule has 0 radical (unpaired) electrons. The summed E-state index contributed by atoms with van der Waals surface area (Å²) in [5.74, 6) is 0. The number of nitriles is 2. The van der Waals surface area contributed by atoms with Gasteiger partial charge >= 0.3 is 0 Å². The standard InChI is InChI=1S/C46H27N3/c47-28-30-21-23-35(33-13-10-14-34(27-33)49-43-20-9-8-15-36(43)41-25-31(29-48)22-24-44(41)49)42(26-30)46-39-18-6-4-16-37(39)45(32-11-2-1-3-12-32)38-17-5-7-19-40(38)46/h1-27H. The van der Waals surface area contributed by atoms with Crippen LogP contribution in [0.3, 0.4) is 0 Å². The molecule has 0 unspecified atom stereocenters. The molecule has 0 atom stereocenters. The van der Waals surface area contributed by atoms with Crippen LogP contribution in [0.4, 0.5) is 0 Å². The Kier molecular flexibility index (Phi) is 6.58. The van der Waals surface area contributed by atoms with E-state index in [1.807, 2.05) is 36.4 Å². The maximum absolute atomic E-state index is 10.1. The van der Waals surface area contributed by atoms with Crippen molar-refractivity contribution in [2.24, 2.45) is 0 Å². The molecule has 0 spiro atoms. The summed E-state index contributed by atoms with van der Waals surface area (Å²) in [6.07, 6.45) is 0. The fourth-order valence-corrected chi connectivity index (χ4v) is 7.54. The highest BCUT2D eigenvalue weighted by Crippen LogP contribution is 2.46. The highest BCUT2D eigenvalue weighted by molar-refractivity contribution is 6.22. The van der Waals surface area contributed by atoms with Crippen LogP contribution in [0.1, 0.15) is 11.1 Å². The fraction of sp³-hybridized carbons (Fsp3) is 0. The van der Waals surface area contributed by atoms with E-state index in [0.29, 0.717) is 11.1 Å². The third kappa shape index (κ3) is 4.49. The van der Waals surface area contributed by atoms with Crippen LogP contribution in [-0.2, 0) is 0 Å². The van der Waals surface area contributed by atoms with Crippen molar-refractivity contribution in [3.05, 3.63) is 175 Å². The molecule has 0 aliphatic carbocycles. The van der Waals surface area contributed by atoms with E-state index in [-0.39, 0.29) is 0 Å². The van der Waals surface area contributed by atoms with Gasteiger partial charge in [0.25, 0.3) is 0 Å². The van der Waals surface area contributed by atoms with Crippen molar-refractivity contribution < 1.29 is 0 Å². The van der Waals surface area contributed by atoms with Gasteiger partial charge < -0.3 is 4.57 Å². The number of para-hydroxylation sites is 1. The summed E-state index contributed by atoms with van der Waals surface area (Å²) in [5.41, 5.74) is 11.0. The van der Waals surface area contributed by atoms with Gasteiger partial charge in [0.15, 0.2) is 0 Å². The lowest BCUT2D eigenvalue weighted by Gasteiger charge is -2.20. The topological polar surface area (TPSA) is 52.5 Å². The van der Waals surface area contributed by atoms with Gasteiger partial charge in [-0.3, -0.25) is 0 Å². The van der Waals surface area contributed by atoms with E-state index in [1.54, 1.807) is 0 Å². The molecular formula is C46H27N3. The molecule has 226 valence electrons. The first-order chi connectivity index (χ1) is 24.2. The molecule has 9 aromatic rings. The Balaban J connectivity index is 1.33. The van der Waals surface area contributed by atoms with Crippen LogP contribution in [0.15, 0.2) is 164 Å². The number of hydrogen-bond donors (Lipinski definition) is 0. The van der Waals surface area contributed by atoms with E-state index in [4.69, 9.17) is 0 Å². The lowest BCUT2D eigenvalue weighted by Crippen LogP contribution is -1.96. The minimum Gasteiger partial charge on any atom is -0.309 e. The van der Waals surface area contributed by atoms with E-state index in [9.17, 15) is 10.5 Å². The van der Waals surface area contributed by atoms with E-state index in [0.717, 1.165) is 60.5 Å². The lowest BCUT2D eigenvalue weighted by molar-refractivity contribution is 1.18. The van der Waals surface area contributed by atoms with Gasteiger partial charge in [0, 0.05) is 16.5 Å². The van der Waals surface area contributed by atoms with Gasteiger partial charge in [0.2, 0.25) is 0 Å². The predicted octanol–water partition coefficient (Wildman–Crippen LogP) is 11.8. The normalized spacial score (nSPS) is 11.2. The minimum absolute atomic E-state index is 0.617. The van der Waals surface area contributed by atoms with Crippen LogP contribution in [-0.4, -0.2) is 4.57 Å².